The maximum atomic E-state index is 5.82. The quantitative estimate of drug-likeness (QED) is 0.501. The van der Waals surface area contributed by atoms with Crippen molar-refractivity contribution >= 4 is 11.4 Å². The molecule has 0 saturated carbocycles. The van der Waals surface area contributed by atoms with E-state index in [9.17, 15) is 0 Å². The molecule has 1 aromatic carbocycles. The molecule has 4 nitrogen and oxygen atoms in total. The molecule has 0 heterocycles. The molecule has 0 aliphatic carbocycles. The lowest BCUT2D eigenvalue weighted by Gasteiger charge is -2.31. The van der Waals surface area contributed by atoms with Crippen LogP contribution in [0, 0.1) is 0 Å². The smallest absolute Gasteiger partial charge is 0.144 e. The van der Waals surface area contributed by atoms with Crippen LogP contribution in [0.1, 0.15) is 13.8 Å². The molecule has 1 aromatic rings. The molecule has 0 unspecified atom stereocenters. The summed E-state index contributed by atoms with van der Waals surface area (Å²) in [6.45, 7) is 8.22. The van der Waals surface area contributed by atoms with Crippen molar-refractivity contribution in [3.8, 4) is 5.75 Å². The number of benzene rings is 1. The van der Waals surface area contributed by atoms with Gasteiger partial charge in [-0.05, 0) is 26.0 Å². The summed E-state index contributed by atoms with van der Waals surface area (Å²) in [4.78, 5) is 0. The molecule has 0 saturated heterocycles. The number of nitrogens with zero attached hydrogens (tertiary/aromatic N) is 1. The van der Waals surface area contributed by atoms with Gasteiger partial charge in [-0.25, -0.2) is 0 Å². The summed E-state index contributed by atoms with van der Waals surface area (Å²) in [7, 11) is 2.23. The van der Waals surface area contributed by atoms with E-state index in [-0.39, 0.29) is 12.4 Å². The minimum atomic E-state index is 0. The Morgan fingerprint density at radius 1 is 1.17 bits per heavy atom. The Balaban J connectivity index is 0.00000289. The van der Waals surface area contributed by atoms with Crippen molar-refractivity contribution in [2.24, 2.45) is 0 Å². The standard InChI is InChI=1S/C13H24N3O.ClH/c1-4-16(3,5-2)8-9-17-13-10-11(14)6-7-12(13)15;/h6-7,10H,4-5,8-9,14-15H2,1-3H3;1H/q+1;/p-1. The summed E-state index contributed by atoms with van der Waals surface area (Å²) in [6.07, 6.45) is 0. The zero-order valence-corrected chi connectivity index (χ0v) is 12.2. The second-order valence-electron chi connectivity index (χ2n) is 4.62. The molecular weight excluding hydrogens is 250 g/mol. The highest BCUT2D eigenvalue weighted by Crippen LogP contribution is 2.23. The molecule has 4 N–H and O–H groups in total. The van der Waals surface area contributed by atoms with E-state index in [1.807, 2.05) is 0 Å². The molecule has 5 heteroatoms. The lowest BCUT2D eigenvalue weighted by molar-refractivity contribution is -0.906. The van der Waals surface area contributed by atoms with Crippen molar-refractivity contribution in [2.45, 2.75) is 13.8 Å². The van der Waals surface area contributed by atoms with Crippen LogP contribution >= 0.6 is 0 Å². The number of hydrogen-bond acceptors (Lipinski definition) is 3. The monoisotopic (exact) mass is 273 g/mol. The maximum Gasteiger partial charge on any atom is 0.144 e. The third kappa shape index (κ3) is 4.63. The molecule has 0 bridgehead atoms. The van der Waals surface area contributed by atoms with Gasteiger partial charge in [0.15, 0.2) is 0 Å². The van der Waals surface area contributed by atoms with Crippen LogP contribution < -0.4 is 28.6 Å². The summed E-state index contributed by atoms with van der Waals surface area (Å²) in [5.41, 5.74) is 12.8. The van der Waals surface area contributed by atoms with Crippen LogP contribution in [0.5, 0.6) is 5.75 Å². The highest BCUT2D eigenvalue weighted by atomic mass is 35.5. The van der Waals surface area contributed by atoms with Crippen LogP contribution in [-0.4, -0.2) is 37.8 Å². The number of hydrogen-bond donors (Lipinski definition) is 2. The lowest BCUT2D eigenvalue weighted by Crippen LogP contribution is -3.00. The first-order valence-electron chi connectivity index (χ1n) is 6.12. The van der Waals surface area contributed by atoms with Crippen molar-refractivity contribution in [3.63, 3.8) is 0 Å². The Morgan fingerprint density at radius 3 is 2.33 bits per heavy atom. The van der Waals surface area contributed by atoms with E-state index in [1.165, 1.54) is 0 Å². The Morgan fingerprint density at radius 2 is 1.78 bits per heavy atom. The van der Waals surface area contributed by atoms with E-state index in [0.717, 1.165) is 24.1 Å². The van der Waals surface area contributed by atoms with Gasteiger partial charge in [-0.15, -0.1) is 0 Å². The lowest BCUT2D eigenvalue weighted by atomic mass is 10.2. The number of rotatable bonds is 6. The highest BCUT2D eigenvalue weighted by Gasteiger charge is 2.16. The number of nitrogens with two attached hydrogens (primary N) is 2. The first kappa shape index (κ1) is 16.9. The first-order valence-corrected chi connectivity index (χ1v) is 6.12. The Bertz CT molecular complexity index is 367. The number of nitrogen functional groups attached to an aromatic ring is 2. The molecule has 0 atom stereocenters. The van der Waals surface area contributed by atoms with Gasteiger partial charge in [0.25, 0.3) is 0 Å². The van der Waals surface area contributed by atoms with Crippen LogP contribution in [-0.2, 0) is 0 Å². The van der Waals surface area contributed by atoms with Crippen molar-refractivity contribution in [1.29, 1.82) is 0 Å². The molecule has 0 aliphatic heterocycles. The van der Waals surface area contributed by atoms with E-state index in [4.69, 9.17) is 16.2 Å². The normalized spacial score (nSPS) is 10.8. The Labute approximate surface area is 116 Å². The average molecular weight is 274 g/mol. The van der Waals surface area contributed by atoms with E-state index in [0.29, 0.717) is 23.7 Å². The largest absolute Gasteiger partial charge is 1.00 e. The molecule has 0 spiro atoms. The van der Waals surface area contributed by atoms with Gasteiger partial charge in [-0.1, -0.05) is 0 Å². The van der Waals surface area contributed by atoms with E-state index in [1.54, 1.807) is 18.2 Å². The van der Waals surface area contributed by atoms with E-state index < -0.39 is 0 Å². The molecule has 0 aromatic heterocycles. The van der Waals surface area contributed by atoms with Gasteiger partial charge >= 0.3 is 0 Å². The molecule has 1 rings (SSSR count). The van der Waals surface area contributed by atoms with Crippen LogP contribution in [0.15, 0.2) is 18.2 Å². The van der Waals surface area contributed by atoms with Gasteiger partial charge in [-0.3, -0.25) is 0 Å². The summed E-state index contributed by atoms with van der Waals surface area (Å²) in [6, 6.07) is 5.33. The average Bonchev–Trinajstić information content (AvgIpc) is 2.33. The number of quaternary nitrogens is 1. The van der Waals surface area contributed by atoms with Gasteiger partial charge in [0, 0.05) is 11.8 Å². The predicted octanol–water partition coefficient (Wildman–Crippen LogP) is -1.28. The van der Waals surface area contributed by atoms with Gasteiger partial charge < -0.3 is 33.1 Å². The van der Waals surface area contributed by atoms with Crippen LogP contribution in [0.2, 0.25) is 0 Å². The number of anilines is 2. The summed E-state index contributed by atoms with van der Waals surface area (Å²) >= 11 is 0. The van der Waals surface area contributed by atoms with Crippen molar-refractivity contribution < 1.29 is 21.6 Å². The molecule has 0 radical (unpaired) electrons. The third-order valence-corrected chi connectivity index (χ3v) is 3.45. The maximum absolute atomic E-state index is 5.82. The van der Waals surface area contributed by atoms with Crippen LogP contribution in [0.4, 0.5) is 11.4 Å². The predicted molar refractivity (Wildman–Crippen MR) is 72.9 cm³/mol. The Hall–Kier alpha value is -1.13. The van der Waals surface area contributed by atoms with Crippen molar-refractivity contribution in [2.75, 3.05) is 44.8 Å². The second kappa shape index (κ2) is 7.34. The number of halogens is 1. The molecule has 104 valence electrons. The van der Waals surface area contributed by atoms with E-state index >= 15 is 0 Å². The fourth-order valence-corrected chi connectivity index (χ4v) is 1.59. The van der Waals surface area contributed by atoms with Gasteiger partial charge in [-0.2, -0.15) is 0 Å². The van der Waals surface area contributed by atoms with Crippen LogP contribution in [0.25, 0.3) is 0 Å². The fourth-order valence-electron chi connectivity index (χ4n) is 1.59. The topological polar surface area (TPSA) is 61.3 Å². The van der Waals surface area contributed by atoms with Crippen LogP contribution in [0.3, 0.4) is 0 Å². The molecule has 0 aliphatic rings. The molecule has 0 amide bonds. The summed E-state index contributed by atoms with van der Waals surface area (Å²) < 4.78 is 6.70. The minimum absolute atomic E-state index is 0. The first-order chi connectivity index (χ1) is 8.00. The summed E-state index contributed by atoms with van der Waals surface area (Å²) in [5.74, 6) is 0.684. The number of ether oxygens (including phenoxy) is 1. The van der Waals surface area contributed by atoms with Crippen molar-refractivity contribution in [3.05, 3.63) is 18.2 Å². The highest BCUT2D eigenvalue weighted by molar-refractivity contribution is 5.59. The third-order valence-electron chi connectivity index (χ3n) is 3.45. The van der Waals surface area contributed by atoms with Gasteiger partial charge in [0.05, 0.1) is 25.8 Å². The zero-order valence-electron chi connectivity index (χ0n) is 11.4. The second-order valence-corrected chi connectivity index (χ2v) is 4.62. The van der Waals surface area contributed by atoms with Crippen molar-refractivity contribution in [1.82, 2.24) is 0 Å². The fraction of sp³-hybridized carbons (Fsp3) is 0.538. The number of likely N-dealkylation sites (N-methyl/N-ethyl adjacent to an activating group) is 1. The molecule has 0 fully saturated rings. The zero-order chi connectivity index (χ0) is 12.9. The van der Waals surface area contributed by atoms with Gasteiger partial charge in [0.2, 0.25) is 0 Å². The Kier molecular flexibility index (Phi) is 6.88. The van der Waals surface area contributed by atoms with Gasteiger partial charge in [0.1, 0.15) is 18.9 Å². The summed E-state index contributed by atoms with van der Waals surface area (Å²) in [5, 5.41) is 0. The minimum Gasteiger partial charge on any atom is -1.00 e. The van der Waals surface area contributed by atoms with E-state index in [2.05, 4.69) is 20.9 Å². The molecular formula is C13H24ClN3O. The molecule has 18 heavy (non-hydrogen) atoms. The SMILES string of the molecule is CC[N+](C)(CC)CCOc1cc(N)ccc1N.[Cl-].